The van der Waals surface area contributed by atoms with Crippen LogP contribution >= 0.6 is 12.4 Å². The van der Waals surface area contributed by atoms with E-state index in [1.807, 2.05) is 6.92 Å². The van der Waals surface area contributed by atoms with Gasteiger partial charge in [0.15, 0.2) is 5.65 Å². The summed E-state index contributed by atoms with van der Waals surface area (Å²) in [6.45, 7) is 6.24. The van der Waals surface area contributed by atoms with Crippen molar-refractivity contribution in [2.24, 2.45) is 0 Å². The van der Waals surface area contributed by atoms with Gasteiger partial charge in [0, 0.05) is 44.0 Å². The van der Waals surface area contributed by atoms with Crippen LogP contribution in [0.3, 0.4) is 0 Å². The van der Waals surface area contributed by atoms with E-state index in [9.17, 15) is 0 Å². The average Bonchev–Trinajstić information content (AvgIpc) is 3.19. The number of halogens is 1. The number of aromatic amines is 1. The van der Waals surface area contributed by atoms with E-state index in [2.05, 4.69) is 25.1 Å². The van der Waals surface area contributed by atoms with Crippen molar-refractivity contribution in [2.45, 2.75) is 25.7 Å². The standard InChI is InChI=1S/C19H24N8O2.ClH/c1-11-13(10-21-18(20)22-11)16-14-15(12-2-6-28-7-3-12)25-26-17(14)24-19(23-16)27-4-8-29-9-5-27;/h10,12H,2-9H2,1H3,(H2,20,21,22)(H,23,24,25,26);1H. The Morgan fingerprint density at radius 2 is 1.80 bits per heavy atom. The van der Waals surface area contributed by atoms with Crippen molar-refractivity contribution in [3.8, 4) is 11.3 Å². The second-order valence-electron chi connectivity index (χ2n) is 7.42. The fourth-order valence-corrected chi connectivity index (χ4v) is 4.03. The summed E-state index contributed by atoms with van der Waals surface area (Å²) in [6, 6.07) is 0. The summed E-state index contributed by atoms with van der Waals surface area (Å²) in [7, 11) is 0. The number of fused-ring (bicyclic) bond motifs is 1. The van der Waals surface area contributed by atoms with Gasteiger partial charge in [-0.3, -0.25) is 5.10 Å². The highest BCUT2D eigenvalue weighted by Gasteiger charge is 2.27. The molecule has 2 aliphatic heterocycles. The molecule has 11 heteroatoms. The van der Waals surface area contributed by atoms with Crippen LogP contribution in [0.2, 0.25) is 0 Å². The maximum absolute atomic E-state index is 5.78. The van der Waals surface area contributed by atoms with Gasteiger partial charge in [-0.2, -0.15) is 10.1 Å². The minimum Gasteiger partial charge on any atom is -0.381 e. The predicted molar refractivity (Wildman–Crippen MR) is 115 cm³/mol. The molecule has 0 radical (unpaired) electrons. The Morgan fingerprint density at radius 3 is 2.53 bits per heavy atom. The Bertz CT molecular complexity index is 1030. The van der Waals surface area contributed by atoms with Crippen molar-refractivity contribution < 1.29 is 9.47 Å². The van der Waals surface area contributed by atoms with Crippen molar-refractivity contribution in [2.75, 3.05) is 50.2 Å². The molecule has 3 aromatic heterocycles. The van der Waals surface area contributed by atoms with Gasteiger partial charge in [-0.1, -0.05) is 0 Å². The Labute approximate surface area is 180 Å². The van der Waals surface area contributed by atoms with Crippen LogP contribution in [0, 0.1) is 6.92 Å². The number of rotatable bonds is 3. The monoisotopic (exact) mass is 432 g/mol. The molecular weight excluding hydrogens is 408 g/mol. The minimum absolute atomic E-state index is 0. The zero-order chi connectivity index (χ0) is 19.8. The fourth-order valence-electron chi connectivity index (χ4n) is 4.03. The van der Waals surface area contributed by atoms with Gasteiger partial charge >= 0.3 is 0 Å². The first-order valence-electron chi connectivity index (χ1n) is 9.96. The van der Waals surface area contributed by atoms with Crippen molar-refractivity contribution >= 4 is 35.3 Å². The molecule has 0 amide bonds. The number of H-pyrrole nitrogens is 1. The van der Waals surface area contributed by atoms with E-state index in [1.54, 1.807) is 6.20 Å². The van der Waals surface area contributed by atoms with E-state index < -0.39 is 0 Å². The van der Waals surface area contributed by atoms with Crippen LogP contribution in [0.15, 0.2) is 6.20 Å². The van der Waals surface area contributed by atoms with Crippen molar-refractivity contribution in [3.05, 3.63) is 17.6 Å². The maximum Gasteiger partial charge on any atom is 0.228 e. The summed E-state index contributed by atoms with van der Waals surface area (Å²) in [5, 5.41) is 8.72. The maximum atomic E-state index is 5.78. The van der Waals surface area contributed by atoms with Crippen LogP contribution in [0.1, 0.15) is 30.1 Å². The van der Waals surface area contributed by atoms with Crippen molar-refractivity contribution in [1.82, 2.24) is 30.1 Å². The smallest absolute Gasteiger partial charge is 0.228 e. The lowest BCUT2D eigenvalue weighted by Gasteiger charge is -2.27. The van der Waals surface area contributed by atoms with E-state index in [-0.39, 0.29) is 18.4 Å². The Morgan fingerprint density at radius 1 is 1.07 bits per heavy atom. The number of aromatic nitrogens is 6. The molecule has 3 N–H and O–H groups in total. The topological polar surface area (TPSA) is 128 Å². The van der Waals surface area contributed by atoms with E-state index in [0.29, 0.717) is 25.1 Å². The van der Waals surface area contributed by atoms with Gasteiger partial charge in [0.2, 0.25) is 11.9 Å². The average molecular weight is 433 g/mol. The lowest BCUT2D eigenvalue weighted by Crippen LogP contribution is -2.37. The highest BCUT2D eigenvalue weighted by Crippen LogP contribution is 2.36. The molecule has 2 saturated heterocycles. The Kier molecular flexibility index (Phi) is 5.98. The van der Waals surface area contributed by atoms with E-state index in [0.717, 1.165) is 72.8 Å². The number of hydrogen-bond acceptors (Lipinski definition) is 9. The predicted octanol–water partition coefficient (Wildman–Crippen LogP) is 1.85. The highest BCUT2D eigenvalue weighted by molar-refractivity contribution is 5.94. The molecule has 10 nitrogen and oxygen atoms in total. The molecule has 3 aromatic rings. The van der Waals surface area contributed by atoms with Crippen LogP contribution in [0.5, 0.6) is 0 Å². The lowest BCUT2D eigenvalue weighted by atomic mass is 9.93. The number of anilines is 2. The first-order chi connectivity index (χ1) is 14.2. The zero-order valence-corrected chi connectivity index (χ0v) is 17.6. The van der Waals surface area contributed by atoms with Crippen LogP contribution in [-0.4, -0.2) is 69.7 Å². The molecule has 0 aromatic carbocycles. The van der Waals surface area contributed by atoms with Crippen LogP contribution in [0.25, 0.3) is 22.3 Å². The largest absolute Gasteiger partial charge is 0.381 e. The number of nitrogen functional groups attached to an aromatic ring is 1. The molecule has 160 valence electrons. The summed E-state index contributed by atoms with van der Waals surface area (Å²) < 4.78 is 11.0. The molecule has 0 aliphatic carbocycles. The molecule has 5 rings (SSSR count). The third kappa shape index (κ3) is 3.78. The second kappa shape index (κ2) is 8.66. The number of morpholine rings is 1. The minimum atomic E-state index is 0. The molecule has 2 aliphatic rings. The number of hydrogen-bond donors (Lipinski definition) is 2. The zero-order valence-electron chi connectivity index (χ0n) is 16.8. The number of ether oxygens (including phenoxy) is 2. The summed E-state index contributed by atoms with van der Waals surface area (Å²) in [5.41, 5.74) is 9.92. The van der Waals surface area contributed by atoms with E-state index >= 15 is 0 Å². The van der Waals surface area contributed by atoms with E-state index in [1.165, 1.54) is 0 Å². The molecule has 0 atom stereocenters. The first kappa shape index (κ1) is 20.7. The van der Waals surface area contributed by atoms with Gasteiger partial charge in [-0.25, -0.2) is 15.0 Å². The summed E-state index contributed by atoms with van der Waals surface area (Å²) >= 11 is 0. The van der Waals surface area contributed by atoms with Crippen molar-refractivity contribution in [3.63, 3.8) is 0 Å². The SMILES string of the molecule is Cc1nc(N)ncc1-c1nc(N2CCOCC2)nc2[nH]nc(C3CCOCC3)c12.Cl. The quantitative estimate of drug-likeness (QED) is 0.636. The van der Waals surface area contributed by atoms with Crippen LogP contribution in [-0.2, 0) is 9.47 Å². The molecule has 2 fully saturated rings. The summed E-state index contributed by atoms with van der Waals surface area (Å²) in [4.78, 5) is 20.4. The molecule has 30 heavy (non-hydrogen) atoms. The van der Waals surface area contributed by atoms with Gasteiger partial charge in [0.05, 0.1) is 35.7 Å². The molecule has 5 heterocycles. The highest BCUT2D eigenvalue weighted by atomic mass is 35.5. The van der Waals surface area contributed by atoms with Gasteiger partial charge in [0.1, 0.15) is 0 Å². The Balaban J connectivity index is 0.00000218. The normalized spacial score (nSPS) is 17.8. The fraction of sp³-hybridized carbons (Fsp3) is 0.526. The molecule has 0 bridgehead atoms. The Hall–Kier alpha value is -2.56. The van der Waals surface area contributed by atoms with Crippen LogP contribution < -0.4 is 10.6 Å². The lowest BCUT2D eigenvalue weighted by molar-refractivity contribution is 0.0847. The van der Waals surface area contributed by atoms with E-state index in [4.69, 9.17) is 25.2 Å². The summed E-state index contributed by atoms with van der Waals surface area (Å²) in [5.74, 6) is 1.22. The first-order valence-corrected chi connectivity index (χ1v) is 9.96. The van der Waals surface area contributed by atoms with Gasteiger partial charge in [-0.15, -0.1) is 12.4 Å². The van der Waals surface area contributed by atoms with Gasteiger partial charge in [-0.05, 0) is 19.8 Å². The third-order valence-electron chi connectivity index (χ3n) is 5.59. The summed E-state index contributed by atoms with van der Waals surface area (Å²) in [6.07, 6.45) is 3.60. The third-order valence-corrected chi connectivity index (χ3v) is 5.59. The number of nitrogens with one attached hydrogen (secondary N) is 1. The van der Waals surface area contributed by atoms with Crippen molar-refractivity contribution in [1.29, 1.82) is 0 Å². The number of nitrogens with two attached hydrogens (primary N) is 1. The number of aryl methyl sites for hydroxylation is 1. The molecule has 0 spiro atoms. The van der Waals surface area contributed by atoms with Gasteiger partial charge < -0.3 is 20.1 Å². The molecule has 0 unspecified atom stereocenters. The number of nitrogens with zero attached hydrogens (tertiary/aromatic N) is 6. The molecule has 0 saturated carbocycles. The van der Waals surface area contributed by atoms with Gasteiger partial charge in [0.25, 0.3) is 0 Å². The molecular formula is C19H25ClN8O2. The second-order valence-corrected chi connectivity index (χ2v) is 7.42. The van der Waals surface area contributed by atoms with Crippen LogP contribution in [0.4, 0.5) is 11.9 Å².